The molecule has 2 rings (SSSR count). The molecule has 0 spiro atoms. The van der Waals surface area contributed by atoms with Crippen LogP contribution in [-0.2, 0) is 6.42 Å². The van der Waals surface area contributed by atoms with Crippen LogP contribution < -0.4 is 0 Å². The highest BCUT2D eigenvalue weighted by Gasteiger charge is 2.25. The van der Waals surface area contributed by atoms with Crippen molar-refractivity contribution in [3.05, 3.63) is 75.9 Å². The van der Waals surface area contributed by atoms with E-state index in [1.807, 2.05) is 6.08 Å². The van der Waals surface area contributed by atoms with Gasteiger partial charge in [-0.15, -0.1) is 0 Å². The topological polar surface area (TPSA) is 0 Å². The molecule has 0 nitrogen and oxygen atoms in total. The van der Waals surface area contributed by atoms with Gasteiger partial charge in [0.05, 0.1) is 0 Å². The zero-order valence-electron chi connectivity index (χ0n) is 18.3. The van der Waals surface area contributed by atoms with Gasteiger partial charge in [0, 0.05) is 5.02 Å². The van der Waals surface area contributed by atoms with Crippen LogP contribution in [0.2, 0.25) is 5.02 Å². The van der Waals surface area contributed by atoms with Crippen LogP contribution in [-0.4, -0.2) is 0 Å². The number of benzene rings is 1. The van der Waals surface area contributed by atoms with Gasteiger partial charge in [0.1, 0.15) is 0 Å². The van der Waals surface area contributed by atoms with Gasteiger partial charge in [-0.3, -0.25) is 0 Å². The van der Waals surface area contributed by atoms with Gasteiger partial charge in [0.2, 0.25) is 0 Å². The summed E-state index contributed by atoms with van der Waals surface area (Å²) in [6, 6.07) is 6.54. The Kier molecular flexibility index (Phi) is 9.32. The zero-order chi connectivity index (χ0) is 20.5. The van der Waals surface area contributed by atoms with Crippen molar-refractivity contribution in [3.63, 3.8) is 0 Å². The number of aryl methyl sites for hydroxylation is 1. The van der Waals surface area contributed by atoms with Crippen LogP contribution in [0.15, 0.2) is 59.7 Å². The largest absolute Gasteiger partial charge is 0.0991 e. The number of fused-ring (bicyclic) bond motifs is 1. The highest BCUT2D eigenvalue weighted by atomic mass is 35.5. The van der Waals surface area contributed by atoms with Crippen LogP contribution in [0.3, 0.4) is 0 Å². The lowest BCUT2D eigenvalue weighted by atomic mass is 9.80. The van der Waals surface area contributed by atoms with Crippen molar-refractivity contribution in [1.82, 2.24) is 0 Å². The monoisotopic (exact) mass is 396 g/mol. The first-order valence-corrected chi connectivity index (χ1v) is 11.5. The smallest absolute Gasteiger partial charge is 0.0409 e. The second-order valence-electron chi connectivity index (χ2n) is 7.98. The van der Waals surface area contributed by atoms with E-state index in [1.165, 1.54) is 54.4 Å². The third kappa shape index (κ3) is 5.51. The summed E-state index contributed by atoms with van der Waals surface area (Å²) in [7, 11) is 0. The van der Waals surface area contributed by atoms with Crippen LogP contribution in [0.1, 0.15) is 83.8 Å². The number of hydrogen-bond acceptors (Lipinski definition) is 0. The lowest BCUT2D eigenvalue weighted by Crippen LogP contribution is -2.07. The SMILES string of the molecule is C=C/C=C\C1=C(C(C)CC)C(=C(\CCC)CCCC)/c2ccc(Cl)cc2CC1. The summed E-state index contributed by atoms with van der Waals surface area (Å²) in [6.45, 7) is 13.2. The summed E-state index contributed by atoms with van der Waals surface area (Å²) in [5, 5.41) is 0.846. The van der Waals surface area contributed by atoms with Gasteiger partial charge in [-0.1, -0.05) is 88.6 Å². The second kappa shape index (κ2) is 11.5. The molecule has 1 heteroatoms. The predicted octanol–water partition coefficient (Wildman–Crippen LogP) is 9.12. The van der Waals surface area contributed by atoms with Crippen LogP contribution in [0.5, 0.6) is 0 Å². The van der Waals surface area contributed by atoms with E-state index < -0.39 is 0 Å². The maximum atomic E-state index is 6.39. The van der Waals surface area contributed by atoms with E-state index in [4.69, 9.17) is 11.6 Å². The Bertz CT molecular complexity index is 760. The minimum absolute atomic E-state index is 0.537. The predicted molar refractivity (Wildman–Crippen MR) is 127 cm³/mol. The Balaban J connectivity index is 2.83. The molecule has 0 amide bonds. The van der Waals surface area contributed by atoms with Gasteiger partial charge in [-0.2, -0.15) is 0 Å². The van der Waals surface area contributed by atoms with Crippen molar-refractivity contribution in [2.45, 2.75) is 79.1 Å². The summed E-state index contributed by atoms with van der Waals surface area (Å²) in [4.78, 5) is 0. The molecule has 1 unspecified atom stereocenters. The van der Waals surface area contributed by atoms with Gasteiger partial charge in [-0.05, 0) is 84.4 Å². The molecule has 1 aromatic carbocycles. The molecule has 1 aromatic rings. The van der Waals surface area contributed by atoms with Gasteiger partial charge in [-0.25, -0.2) is 0 Å². The van der Waals surface area contributed by atoms with Crippen molar-refractivity contribution < 1.29 is 0 Å². The summed E-state index contributed by atoms with van der Waals surface area (Å²) in [5.41, 5.74) is 9.01. The Morgan fingerprint density at radius 1 is 1.14 bits per heavy atom. The standard InChI is InChI=1S/C27H37Cl/c1-6-10-13-21(12-8-3)27-25-18-17-24(28)19-23(25)16-15-22(14-11-7-2)26(27)20(5)9-4/h7,11,14,17-20H,2,6,8-10,12-13,15-16H2,1,3-5H3/b14-11-,27-21+. The highest BCUT2D eigenvalue weighted by Crippen LogP contribution is 2.43. The maximum absolute atomic E-state index is 6.39. The minimum Gasteiger partial charge on any atom is -0.0991 e. The molecule has 0 radical (unpaired) electrons. The summed E-state index contributed by atoms with van der Waals surface area (Å²) in [5.74, 6) is 0.537. The number of halogens is 1. The molecular weight excluding hydrogens is 360 g/mol. The van der Waals surface area contributed by atoms with Gasteiger partial charge in [0.15, 0.2) is 0 Å². The number of allylic oxidation sites excluding steroid dienone is 7. The second-order valence-corrected chi connectivity index (χ2v) is 8.41. The third-order valence-corrected chi connectivity index (χ3v) is 6.13. The van der Waals surface area contributed by atoms with Crippen LogP contribution in [0, 0.1) is 5.92 Å². The number of hydrogen-bond donors (Lipinski definition) is 0. The van der Waals surface area contributed by atoms with E-state index >= 15 is 0 Å². The van der Waals surface area contributed by atoms with Gasteiger partial charge in [0.25, 0.3) is 0 Å². The molecule has 0 saturated carbocycles. The fourth-order valence-corrected chi connectivity index (χ4v) is 4.49. The van der Waals surface area contributed by atoms with Crippen LogP contribution in [0.25, 0.3) is 5.57 Å². The fraction of sp³-hybridized carbons (Fsp3) is 0.481. The fourth-order valence-electron chi connectivity index (χ4n) is 4.29. The van der Waals surface area contributed by atoms with Crippen LogP contribution in [0.4, 0.5) is 0 Å². The molecule has 0 aromatic heterocycles. The highest BCUT2D eigenvalue weighted by molar-refractivity contribution is 6.30. The van der Waals surface area contributed by atoms with Crippen molar-refractivity contribution in [3.8, 4) is 0 Å². The van der Waals surface area contributed by atoms with Crippen molar-refractivity contribution in [1.29, 1.82) is 0 Å². The molecule has 152 valence electrons. The molecule has 0 saturated heterocycles. The molecule has 0 aliphatic heterocycles. The van der Waals surface area contributed by atoms with E-state index in [0.29, 0.717) is 5.92 Å². The maximum Gasteiger partial charge on any atom is 0.0409 e. The molecule has 1 aliphatic carbocycles. The first-order valence-electron chi connectivity index (χ1n) is 11.1. The Labute approximate surface area is 178 Å². The first-order chi connectivity index (χ1) is 13.6. The average molecular weight is 397 g/mol. The summed E-state index contributed by atoms with van der Waals surface area (Å²) in [6.07, 6.45) is 15.6. The number of rotatable bonds is 9. The third-order valence-electron chi connectivity index (χ3n) is 5.89. The lowest BCUT2D eigenvalue weighted by molar-refractivity contribution is 0.662. The Morgan fingerprint density at radius 2 is 1.93 bits per heavy atom. The lowest BCUT2D eigenvalue weighted by Gasteiger charge is -2.25. The molecule has 0 bridgehead atoms. The molecule has 28 heavy (non-hydrogen) atoms. The van der Waals surface area contributed by atoms with Crippen molar-refractivity contribution in [2.75, 3.05) is 0 Å². The molecule has 1 atom stereocenters. The van der Waals surface area contributed by atoms with E-state index in [-0.39, 0.29) is 0 Å². The summed E-state index contributed by atoms with van der Waals surface area (Å²) >= 11 is 6.39. The van der Waals surface area contributed by atoms with E-state index in [2.05, 4.69) is 64.6 Å². The Morgan fingerprint density at radius 3 is 2.57 bits per heavy atom. The quantitative estimate of drug-likeness (QED) is 0.365. The molecule has 0 fully saturated rings. The minimum atomic E-state index is 0.537. The molecule has 0 heterocycles. The van der Waals surface area contributed by atoms with Gasteiger partial charge < -0.3 is 0 Å². The number of unbranched alkanes of at least 4 members (excludes halogenated alkanes) is 1. The zero-order valence-corrected chi connectivity index (χ0v) is 19.0. The van der Waals surface area contributed by atoms with E-state index in [0.717, 1.165) is 24.3 Å². The normalized spacial score (nSPS) is 17.5. The van der Waals surface area contributed by atoms with Gasteiger partial charge >= 0.3 is 0 Å². The van der Waals surface area contributed by atoms with E-state index in [9.17, 15) is 0 Å². The molecule has 0 N–H and O–H groups in total. The summed E-state index contributed by atoms with van der Waals surface area (Å²) < 4.78 is 0. The molecule has 1 aliphatic rings. The van der Waals surface area contributed by atoms with Crippen molar-refractivity contribution >= 4 is 17.2 Å². The van der Waals surface area contributed by atoms with Crippen molar-refractivity contribution in [2.24, 2.45) is 5.92 Å². The first kappa shape index (κ1) is 22.8. The van der Waals surface area contributed by atoms with Crippen LogP contribution >= 0.6 is 11.6 Å². The molecular formula is C27H37Cl. The Hall–Kier alpha value is -1.53. The average Bonchev–Trinajstić information content (AvgIpc) is 2.85. The van der Waals surface area contributed by atoms with E-state index in [1.54, 1.807) is 11.1 Å².